The van der Waals surface area contributed by atoms with Gasteiger partial charge in [-0.3, -0.25) is 0 Å². The standard InChI is InChI=1S/C28H29NO5/c1-28(2,3)34-26(30)21-33-25-18-10-12-22(20-25)13-11-19-32-27(31)29(23-14-6-4-7-15-23)24-16-8-5-9-17-24/h4-18,20H,19,21H2,1-3H3/b13-11-. The van der Waals surface area contributed by atoms with Crippen molar-refractivity contribution in [2.75, 3.05) is 18.1 Å². The van der Waals surface area contributed by atoms with Crippen LogP contribution in [0.25, 0.3) is 6.08 Å². The number of rotatable bonds is 8. The lowest BCUT2D eigenvalue weighted by molar-refractivity contribution is -0.157. The minimum atomic E-state index is -0.556. The Bertz CT molecular complexity index is 1060. The molecule has 0 unspecified atom stereocenters. The summed E-state index contributed by atoms with van der Waals surface area (Å²) in [6.07, 6.45) is 3.10. The summed E-state index contributed by atoms with van der Waals surface area (Å²) in [5, 5.41) is 0. The number of carbonyl (C=O) groups excluding carboxylic acids is 2. The highest BCUT2D eigenvalue weighted by atomic mass is 16.6. The lowest BCUT2D eigenvalue weighted by Crippen LogP contribution is -2.27. The van der Waals surface area contributed by atoms with E-state index in [-0.39, 0.29) is 13.2 Å². The molecular weight excluding hydrogens is 430 g/mol. The smallest absolute Gasteiger partial charge is 0.419 e. The highest BCUT2D eigenvalue weighted by Gasteiger charge is 2.19. The molecule has 0 aliphatic heterocycles. The first-order valence-electron chi connectivity index (χ1n) is 11.0. The molecule has 0 saturated carbocycles. The Morgan fingerprint density at radius 1 is 0.853 bits per heavy atom. The van der Waals surface area contributed by atoms with Crippen LogP contribution in [0.5, 0.6) is 5.75 Å². The number of anilines is 2. The van der Waals surface area contributed by atoms with E-state index in [0.29, 0.717) is 5.75 Å². The fourth-order valence-corrected chi connectivity index (χ4v) is 3.10. The zero-order valence-corrected chi connectivity index (χ0v) is 19.6. The largest absolute Gasteiger partial charge is 0.482 e. The molecular formula is C28H29NO5. The van der Waals surface area contributed by atoms with Crippen LogP contribution in [0.1, 0.15) is 26.3 Å². The SMILES string of the molecule is CC(C)(C)OC(=O)COc1cccc(/C=C\COC(=O)N(c2ccccc2)c2ccccc2)c1. The van der Waals surface area contributed by atoms with Crippen LogP contribution in [0.15, 0.2) is 91.0 Å². The van der Waals surface area contributed by atoms with Crippen molar-refractivity contribution >= 4 is 29.5 Å². The van der Waals surface area contributed by atoms with E-state index in [2.05, 4.69) is 0 Å². The van der Waals surface area contributed by atoms with E-state index >= 15 is 0 Å². The van der Waals surface area contributed by atoms with E-state index < -0.39 is 17.7 Å². The van der Waals surface area contributed by atoms with Crippen LogP contribution in [-0.4, -0.2) is 30.9 Å². The van der Waals surface area contributed by atoms with Crippen LogP contribution >= 0.6 is 0 Å². The predicted molar refractivity (Wildman–Crippen MR) is 133 cm³/mol. The minimum Gasteiger partial charge on any atom is -0.482 e. The first kappa shape index (κ1) is 24.6. The molecule has 0 N–H and O–H groups in total. The third kappa shape index (κ3) is 7.81. The van der Waals surface area contributed by atoms with Crippen LogP contribution in [0, 0.1) is 0 Å². The number of para-hydroxylation sites is 2. The molecule has 0 spiro atoms. The van der Waals surface area contributed by atoms with Crippen molar-refractivity contribution in [3.05, 3.63) is 96.6 Å². The van der Waals surface area contributed by atoms with Crippen molar-refractivity contribution in [1.82, 2.24) is 0 Å². The maximum Gasteiger partial charge on any atom is 0.419 e. The second kappa shape index (κ2) is 11.7. The number of hydrogen-bond acceptors (Lipinski definition) is 5. The van der Waals surface area contributed by atoms with Gasteiger partial charge in [-0.05, 0) is 68.8 Å². The number of hydrogen-bond donors (Lipinski definition) is 0. The lowest BCUT2D eigenvalue weighted by atomic mass is 10.2. The van der Waals surface area contributed by atoms with Gasteiger partial charge in [0.2, 0.25) is 0 Å². The van der Waals surface area contributed by atoms with Gasteiger partial charge in [0.1, 0.15) is 18.0 Å². The van der Waals surface area contributed by atoms with Gasteiger partial charge in [-0.25, -0.2) is 14.5 Å². The highest BCUT2D eigenvalue weighted by Crippen LogP contribution is 2.25. The fourth-order valence-electron chi connectivity index (χ4n) is 3.10. The molecule has 3 aromatic carbocycles. The van der Waals surface area contributed by atoms with Crippen molar-refractivity contribution in [3.63, 3.8) is 0 Å². The molecule has 0 aliphatic rings. The molecule has 3 aromatic rings. The number of benzene rings is 3. The van der Waals surface area contributed by atoms with Gasteiger partial charge in [0, 0.05) is 0 Å². The van der Waals surface area contributed by atoms with Gasteiger partial charge < -0.3 is 14.2 Å². The van der Waals surface area contributed by atoms with Gasteiger partial charge in [-0.2, -0.15) is 0 Å². The summed E-state index contributed by atoms with van der Waals surface area (Å²) in [5.41, 5.74) is 1.73. The monoisotopic (exact) mass is 459 g/mol. The van der Waals surface area contributed by atoms with Gasteiger partial charge in [0.15, 0.2) is 6.61 Å². The average Bonchev–Trinajstić information content (AvgIpc) is 2.81. The van der Waals surface area contributed by atoms with E-state index in [1.165, 1.54) is 4.90 Å². The molecule has 6 nitrogen and oxygen atoms in total. The van der Waals surface area contributed by atoms with Crippen molar-refractivity contribution < 1.29 is 23.8 Å². The van der Waals surface area contributed by atoms with Gasteiger partial charge in [0.05, 0.1) is 11.4 Å². The molecule has 0 fully saturated rings. The molecule has 0 saturated heterocycles. The second-order valence-electron chi connectivity index (χ2n) is 8.43. The summed E-state index contributed by atoms with van der Waals surface area (Å²) in [4.78, 5) is 26.2. The number of esters is 1. The molecule has 0 aliphatic carbocycles. The molecule has 0 bridgehead atoms. The van der Waals surface area contributed by atoms with Gasteiger partial charge in [-0.1, -0.05) is 54.6 Å². The van der Waals surface area contributed by atoms with E-state index in [1.807, 2.05) is 99.6 Å². The van der Waals surface area contributed by atoms with E-state index in [9.17, 15) is 9.59 Å². The van der Waals surface area contributed by atoms with E-state index in [4.69, 9.17) is 14.2 Å². The Kier molecular flexibility index (Phi) is 8.46. The van der Waals surface area contributed by atoms with Crippen LogP contribution in [0.3, 0.4) is 0 Å². The maximum atomic E-state index is 12.9. The number of carbonyl (C=O) groups is 2. The number of ether oxygens (including phenoxy) is 3. The normalized spacial score (nSPS) is 11.1. The second-order valence-corrected chi connectivity index (χ2v) is 8.43. The molecule has 0 heterocycles. The Morgan fingerprint density at radius 3 is 2.06 bits per heavy atom. The quantitative estimate of drug-likeness (QED) is 0.365. The van der Waals surface area contributed by atoms with Crippen LogP contribution in [0.4, 0.5) is 16.2 Å². The topological polar surface area (TPSA) is 65.1 Å². The minimum absolute atomic E-state index is 0.0952. The summed E-state index contributed by atoms with van der Waals surface area (Å²) in [6.45, 7) is 5.35. The van der Waals surface area contributed by atoms with E-state index in [1.54, 1.807) is 18.2 Å². The summed E-state index contributed by atoms with van der Waals surface area (Å²) in [5.74, 6) is 0.117. The summed E-state index contributed by atoms with van der Waals surface area (Å²) < 4.78 is 16.3. The van der Waals surface area contributed by atoms with Crippen LogP contribution in [-0.2, 0) is 14.3 Å². The Morgan fingerprint density at radius 2 is 1.47 bits per heavy atom. The van der Waals surface area contributed by atoms with Crippen molar-refractivity contribution in [3.8, 4) is 5.75 Å². The van der Waals surface area contributed by atoms with Crippen molar-refractivity contribution in [1.29, 1.82) is 0 Å². The van der Waals surface area contributed by atoms with Gasteiger partial charge in [0.25, 0.3) is 0 Å². The molecule has 1 amide bonds. The van der Waals surface area contributed by atoms with Crippen molar-refractivity contribution in [2.24, 2.45) is 0 Å². The Labute approximate surface area is 200 Å². The predicted octanol–water partition coefficient (Wildman–Crippen LogP) is 6.40. The zero-order chi connectivity index (χ0) is 24.4. The van der Waals surface area contributed by atoms with Crippen LogP contribution in [0.2, 0.25) is 0 Å². The molecule has 0 aromatic heterocycles. The Balaban J connectivity index is 1.57. The Hall–Kier alpha value is -4.06. The molecule has 0 radical (unpaired) electrons. The first-order chi connectivity index (χ1) is 16.3. The summed E-state index contributed by atoms with van der Waals surface area (Å²) in [6, 6.07) is 26.0. The van der Waals surface area contributed by atoms with Gasteiger partial charge >= 0.3 is 12.1 Å². The average molecular weight is 460 g/mol. The maximum absolute atomic E-state index is 12.9. The number of amides is 1. The van der Waals surface area contributed by atoms with Gasteiger partial charge in [-0.15, -0.1) is 0 Å². The zero-order valence-electron chi connectivity index (χ0n) is 19.6. The molecule has 6 heteroatoms. The van der Waals surface area contributed by atoms with E-state index in [0.717, 1.165) is 16.9 Å². The third-order valence-corrected chi connectivity index (χ3v) is 4.46. The summed E-state index contributed by atoms with van der Waals surface area (Å²) >= 11 is 0. The molecule has 0 atom stereocenters. The number of nitrogens with zero attached hydrogens (tertiary/aromatic N) is 1. The highest BCUT2D eigenvalue weighted by molar-refractivity contribution is 5.95. The summed E-state index contributed by atoms with van der Waals surface area (Å²) in [7, 11) is 0. The fraction of sp³-hybridized carbons (Fsp3) is 0.214. The van der Waals surface area contributed by atoms with Crippen molar-refractivity contribution in [2.45, 2.75) is 26.4 Å². The third-order valence-electron chi connectivity index (χ3n) is 4.46. The van der Waals surface area contributed by atoms with Crippen LogP contribution < -0.4 is 9.64 Å². The molecule has 34 heavy (non-hydrogen) atoms. The lowest BCUT2D eigenvalue weighted by Gasteiger charge is -2.22. The molecule has 176 valence electrons. The first-order valence-corrected chi connectivity index (χ1v) is 11.0. The molecule has 3 rings (SSSR count).